The molecule has 0 aliphatic rings. The second kappa shape index (κ2) is 4.16. The number of hydrogen-bond donors (Lipinski definition) is 0. The third-order valence-corrected chi connectivity index (χ3v) is 2.07. The van der Waals surface area contributed by atoms with Crippen molar-refractivity contribution in [3.63, 3.8) is 0 Å². The van der Waals surface area contributed by atoms with Crippen molar-refractivity contribution >= 4 is 21.5 Å². The monoisotopic (exact) mass is 225 g/mol. The van der Waals surface area contributed by atoms with Crippen molar-refractivity contribution in [2.24, 2.45) is 5.18 Å². The van der Waals surface area contributed by atoms with Gasteiger partial charge < -0.3 is 0 Å². The number of nitrogens with zero attached hydrogens (tertiary/aromatic N) is 1. The molecule has 0 heterocycles. The van der Waals surface area contributed by atoms with Crippen LogP contribution in [0, 0.1) is 4.91 Å². The van der Waals surface area contributed by atoms with Crippen molar-refractivity contribution in [2.75, 3.05) is 0 Å². The molecule has 0 amide bonds. The van der Waals surface area contributed by atoms with Crippen LogP contribution in [0.15, 0.2) is 40.1 Å². The first-order valence-electron chi connectivity index (χ1n) is 3.49. The van der Waals surface area contributed by atoms with Crippen molar-refractivity contribution in [2.45, 2.75) is 6.92 Å². The second-order valence-corrected chi connectivity index (χ2v) is 3.34. The molecular formula is C9H8BrNO. The Kier molecular flexibility index (Phi) is 3.17. The molecular weight excluding hydrogens is 218 g/mol. The van der Waals surface area contributed by atoms with Gasteiger partial charge in [-0.15, -0.1) is 4.91 Å². The summed E-state index contributed by atoms with van der Waals surface area (Å²) in [6.45, 7) is 1.85. The van der Waals surface area contributed by atoms with Gasteiger partial charge in [-0.2, -0.15) is 0 Å². The van der Waals surface area contributed by atoms with Crippen LogP contribution in [0.2, 0.25) is 0 Å². The molecule has 1 aromatic carbocycles. The van der Waals surface area contributed by atoms with Crippen LogP contribution in [-0.4, -0.2) is 0 Å². The van der Waals surface area contributed by atoms with E-state index in [1.165, 1.54) is 6.20 Å². The normalized spacial score (nSPS) is 11.3. The Morgan fingerprint density at radius 1 is 1.42 bits per heavy atom. The van der Waals surface area contributed by atoms with Gasteiger partial charge in [0, 0.05) is 4.47 Å². The van der Waals surface area contributed by atoms with Crippen molar-refractivity contribution in [1.29, 1.82) is 0 Å². The molecule has 0 saturated heterocycles. The Morgan fingerprint density at radius 3 is 2.50 bits per heavy atom. The third kappa shape index (κ3) is 2.27. The molecule has 0 aliphatic heterocycles. The minimum absolute atomic E-state index is 0.873. The highest BCUT2D eigenvalue weighted by Gasteiger charge is 1.94. The number of hydrogen-bond acceptors (Lipinski definition) is 2. The lowest BCUT2D eigenvalue weighted by atomic mass is 10.1. The zero-order chi connectivity index (χ0) is 8.97. The van der Waals surface area contributed by atoms with Crippen LogP contribution in [0.25, 0.3) is 5.57 Å². The number of halogens is 1. The summed E-state index contributed by atoms with van der Waals surface area (Å²) in [5.74, 6) is 0. The van der Waals surface area contributed by atoms with Gasteiger partial charge in [0.15, 0.2) is 0 Å². The summed E-state index contributed by atoms with van der Waals surface area (Å²) in [6.07, 6.45) is 1.31. The van der Waals surface area contributed by atoms with Gasteiger partial charge in [-0.25, -0.2) is 0 Å². The number of allylic oxidation sites excluding steroid dienone is 1. The number of nitroso groups, excluding NO2 is 1. The van der Waals surface area contributed by atoms with E-state index in [2.05, 4.69) is 21.1 Å². The zero-order valence-corrected chi connectivity index (χ0v) is 8.21. The molecule has 0 spiro atoms. The average molecular weight is 226 g/mol. The van der Waals surface area contributed by atoms with Gasteiger partial charge in [0.05, 0.1) is 6.20 Å². The first-order valence-corrected chi connectivity index (χ1v) is 4.28. The summed E-state index contributed by atoms with van der Waals surface area (Å²) < 4.78 is 1.03. The molecule has 12 heavy (non-hydrogen) atoms. The second-order valence-electron chi connectivity index (χ2n) is 2.42. The van der Waals surface area contributed by atoms with Gasteiger partial charge in [-0.3, -0.25) is 0 Å². The van der Waals surface area contributed by atoms with Crippen LogP contribution in [0.3, 0.4) is 0 Å². The lowest BCUT2D eigenvalue weighted by Gasteiger charge is -1.98. The highest BCUT2D eigenvalue weighted by Crippen LogP contribution is 2.17. The first-order chi connectivity index (χ1) is 5.74. The van der Waals surface area contributed by atoms with E-state index in [-0.39, 0.29) is 0 Å². The van der Waals surface area contributed by atoms with Gasteiger partial charge in [0.2, 0.25) is 0 Å². The summed E-state index contributed by atoms with van der Waals surface area (Å²) in [5, 5.41) is 2.71. The molecule has 2 nitrogen and oxygen atoms in total. The minimum atomic E-state index is 0.873. The van der Waals surface area contributed by atoms with E-state index in [0.717, 1.165) is 15.6 Å². The fourth-order valence-electron chi connectivity index (χ4n) is 0.866. The van der Waals surface area contributed by atoms with Crippen LogP contribution >= 0.6 is 15.9 Å². The summed E-state index contributed by atoms with van der Waals surface area (Å²) in [6, 6.07) is 7.72. The lowest BCUT2D eigenvalue weighted by Crippen LogP contribution is -1.77. The van der Waals surface area contributed by atoms with Crippen LogP contribution in [0.1, 0.15) is 12.5 Å². The van der Waals surface area contributed by atoms with Gasteiger partial charge >= 0.3 is 0 Å². The molecule has 0 fully saturated rings. The van der Waals surface area contributed by atoms with E-state index >= 15 is 0 Å². The third-order valence-electron chi connectivity index (χ3n) is 1.55. The standard InChI is InChI=1S/C9H8BrNO/c1-7(6-11-12)8-2-4-9(10)5-3-8/h2-6H,1H3. The minimum Gasteiger partial charge on any atom is -0.145 e. The highest BCUT2D eigenvalue weighted by molar-refractivity contribution is 9.10. The fraction of sp³-hybridized carbons (Fsp3) is 0.111. The predicted octanol–water partition coefficient (Wildman–Crippen LogP) is 3.58. The average Bonchev–Trinajstić information content (AvgIpc) is 2.06. The van der Waals surface area contributed by atoms with E-state index in [4.69, 9.17) is 0 Å². The van der Waals surface area contributed by atoms with Gasteiger partial charge in [-0.05, 0) is 35.4 Å². The number of benzene rings is 1. The van der Waals surface area contributed by atoms with Gasteiger partial charge in [0.1, 0.15) is 0 Å². The van der Waals surface area contributed by atoms with Gasteiger partial charge in [-0.1, -0.05) is 28.1 Å². The molecule has 0 saturated carbocycles. The van der Waals surface area contributed by atoms with Crippen LogP contribution < -0.4 is 0 Å². The molecule has 0 atom stereocenters. The molecule has 0 N–H and O–H groups in total. The van der Waals surface area contributed by atoms with E-state index in [1.807, 2.05) is 31.2 Å². The quantitative estimate of drug-likeness (QED) is 0.708. The Labute approximate surface area is 79.4 Å². The van der Waals surface area contributed by atoms with E-state index in [9.17, 15) is 4.91 Å². The van der Waals surface area contributed by atoms with E-state index < -0.39 is 0 Å². The SMILES string of the molecule is CC(=CN=O)c1ccc(Br)cc1. The van der Waals surface area contributed by atoms with Crippen molar-refractivity contribution in [3.8, 4) is 0 Å². The molecule has 0 radical (unpaired) electrons. The Hall–Kier alpha value is -0.960. The zero-order valence-electron chi connectivity index (χ0n) is 6.62. The number of rotatable bonds is 2. The van der Waals surface area contributed by atoms with Crippen molar-refractivity contribution in [3.05, 3.63) is 45.4 Å². The Morgan fingerprint density at radius 2 is 2.00 bits per heavy atom. The lowest BCUT2D eigenvalue weighted by molar-refractivity contribution is 1.47. The molecule has 1 rings (SSSR count). The molecule has 0 bridgehead atoms. The maximum atomic E-state index is 9.92. The smallest absolute Gasteiger partial charge is 0.0750 e. The summed E-state index contributed by atoms with van der Waals surface area (Å²) >= 11 is 3.33. The van der Waals surface area contributed by atoms with Crippen LogP contribution in [0.5, 0.6) is 0 Å². The van der Waals surface area contributed by atoms with Crippen molar-refractivity contribution < 1.29 is 0 Å². The Balaban J connectivity index is 2.97. The van der Waals surface area contributed by atoms with Crippen molar-refractivity contribution in [1.82, 2.24) is 0 Å². The molecule has 0 unspecified atom stereocenters. The molecule has 62 valence electrons. The first kappa shape index (κ1) is 9.13. The topological polar surface area (TPSA) is 29.4 Å². The fourth-order valence-corrected chi connectivity index (χ4v) is 1.13. The Bertz CT molecular complexity index is 303. The molecule has 0 aromatic heterocycles. The maximum absolute atomic E-state index is 9.92. The maximum Gasteiger partial charge on any atom is 0.0750 e. The molecule has 1 aromatic rings. The summed E-state index contributed by atoms with van der Waals surface area (Å²) in [7, 11) is 0. The largest absolute Gasteiger partial charge is 0.145 e. The summed E-state index contributed by atoms with van der Waals surface area (Å²) in [4.78, 5) is 9.92. The van der Waals surface area contributed by atoms with Crippen LogP contribution in [-0.2, 0) is 0 Å². The van der Waals surface area contributed by atoms with E-state index in [1.54, 1.807) is 0 Å². The van der Waals surface area contributed by atoms with Crippen LogP contribution in [0.4, 0.5) is 0 Å². The predicted molar refractivity (Wildman–Crippen MR) is 53.6 cm³/mol. The molecule has 3 heteroatoms. The summed E-state index contributed by atoms with van der Waals surface area (Å²) in [5.41, 5.74) is 1.88. The molecule has 0 aliphatic carbocycles. The van der Waals surface area contributed by atoms with Gasteiger partial charge in [0.25, 0.3) is 0 Å². The van der Waals surface area contributed by atoms with E-state index in [0.29, 0.717) is 0 Å². The highest BCUT2D eigenvalue weighted by atomic mass is 79.9.